The minimum atomic E-state index is -1.16. The van der Waals surface area contributed by atoms with E-state index in [4.69, 9.17) is 0 Å². The summed E-state index contributed by atoms with van der Waals surface area (Å²) in [5, 5.41) is 2.74. The smallest absolute Gasteiger partial charge is 0.161 e. The van der Waals surface area contributed by atoms with Crippen LogP contribution in [0, 0.1) is 17.5 Å². The van der Waals surface area contributed by atoms with Crippen LogP contribution in [-0.4, -0.2) is 7.05 Å². The van der Waals surface area contributed by atoms with Gasteiger partial charge >= 0.3 is 0 Å². The van der Waals surface area contributed by atoms with Crippen LogP contribution < -0.4 is 5.32 Å². The molecule has 0 aliphatic carbocycles. The van der Waals surface area contributed by atoms with Crippen molar-refractivity contribution in [1.82, 2.24) is 5.32 Å². The van der Waals surface area contributed by atoms with Gasteiger partial charge in [-0.15, -0.1) is 0 Å². The Hall–Kier alpha value is -1.03. The Balaban J connectivity index is 3.15. The highest BCUT2D eigenvalue weighted by atomic mass is 19.2. The second-order valence-corrected chi connectivity index (χ2v) is 2.80. The third-order valence-corrected chi connectivity index (χ3v) is 1.94. The highest BCUT2D eigenvalue weighted by Crippen LogP contribution is 2.19. The van der Waals surface area contributed by atoms with E-state index < -0.39 is 17.5 Å². The molecule has 1 aromatic carbocycles. The van der Waals surface area contributed by atoms with Gasteiger partial charge in [0, 0.05) is 17.7 Å². The predicted octanol–water partition coefficient (Wildman–Crippen LogP) is 2.38. The molecule has 0 radical (unpaired) electrons. The fourth-order valence-electron chi connectivity index (χ4n) is 1.03. The minimum Gasteiger partial charge on any atom is -0.313 e. The maximum absolute atomic E-state index is 13.0. The Kier molecular flexibility index (Phi) is 2.93. The molecule has 1 N–H and O–H groups in total. The van der Waals surface area contributed by atoms with Gasteiger partial charge in [0.15, 0.2) is 11.6 Å². The van der Waals surface area contributed by atoms with Gasteiger partial charge in [0.25, 0.3) is 0 Å². The van der Waals surface area contributed by atoms with Crippen LogP contribution in [0.25, 0.3) is 0 Å². The molecule has 1 rings (SSSR count). The topological polar surface area (TPSA) is 12.0 Å². The molecule has 1 atom stereocenters. The van der Waals surface area contributed by atoms with Crippen molar-refractivity contribution < 1.29 is 13.2 Å². The number of rotatable bonds is 2. The van der Waals surface area contributed by atoms with Crippen molar-refractivity contribution in [1.29, 1.82) is 0 Å². The van der Waals surface area contributed by atoms with Gasteiger partial charge in [-0.25, -0.2) is 13.2 Å². The van der Waals surface area contributed by atoms with E-state index in [1.165, 1.54) is 0 Å². The first kappa shape index (κ1) is 10.1. The van der Waals surface area contributed by atoms with Crippen molar-refractivity contribution >= 4 is 0 Å². The van der Waals surface area contributed by atoms with Crippen LogP contribution in [0.1, 0.15) is 18.5 Å². The highest BCUT2D eigenvalue weighted by molar-refractivity contribution is 5.22. The van der Waals surface area contributed by atoms with E-state index in [0.29, 0.717) is 6.07 Å². The predicted molar refractivity (Wildman–Crippen MR) is 43.8 cm³/mol. The second-order valence-electron chi connectivity index (χ2n) is 2.80. The Morgan fingerprint density at radius 2 is 1.62 bits per heavy atom. The summed E-state index contributed by atoms with van der Waals surface area (Å²) in [6.45, 7) is 1.66. The normalized spacial score (nSPS) is 13.0. The molecular weight excluding hydrogens is 179 g/mol. The molecule has 0 saturated heterocycles. The van der Waals surface area contributed by atoms with Crippen LogP contribution in [0.2, 0.25) is 0 Å². The average Bonchev–Trinajstić information content (AvgIpc) is 2.10. The van der Waals surface area contributed by atoms with Crippen molar-refractivity contribution in [2.45, 2.75) is 13.0 Å². The van der Waals surface area contributed by atoms with E-state index in [0.717, 1.165) is 6.07 Å². The van der Waals surface area contributed by atoms with Crippen molar-refractivity contribution in [3.63, 3.8) is 0 Å². The van der Waals surface area contributed by atoms with E-state index >= 15 is 0 Å². The molecule has 0 amide bonds. The molecule has 0 aromatic heterocycles. The van der Waals surface area contributed by atoms with Gasteiger partial charge in [-0.2, -0.15) is 0 Å². The first-order chi connectivity index (χ1) is 6.06. The van der Waals surface area contributed by atoms with E-state index in [9.17, 15) is 13.2 Å². The highest BCUT2D eigenvalue weighted by Gasteiger charge is 2.13. The van der Waals surface area contributed by atoms with E-state index in [1.54, 1.807) is 14.0 Å². The molecule has 0 fully saturated rings. The molecule has 13 heavy (non-hydrogen) atoms. The molecule has 1 aromatic rings. The summed E-state index contributed by atoms with van der Waals surface area (Å²) in [5.41, 5.74) is 0.126. The van der Waals surface area contributed by atoms with Gasteiger partial charge in [0.1, 0.15) is 5.82 Å². The quantitative estimate of drug-likeness (QED) is 0.704. The largest absolute Gasteiger partial charge is 0.313 e. The summed E-state index contributed by atoms with van der Waals surface area (Å²) in [5.74, 6) is -2.93. The lowest BCUT2D eigenvalue weighted by molar-refractivity contribution is 0.480. The third-order valence-electron chi connectivity index (χ3n) is 1.94. The summed E-state index contributed by atoms with van der Waals surface area (Å²) < 4.78 is 38.2. The number of halogens is 3. The molecule has 0 heterocycles. The van der Waals surface area contributed by atoms with Gasteiger partial charge in [0.2, 0.25) is 0 Å². The second kappa shape index (κ2) is 3.79. The van der Waals surface area contributed by atoms with Crippen LogP contribution in [0.5, 0.6) is 0 Å². The van der Waals surface area contributed by atoms with Gasteiger partial charge < -0.3 is 5.32 Å². The van der Waals surface area contributed by atoms with Crippen LogP contribution in [-0.2, 0) is 0 Å². The summed E-state index contributed by atoms with van der Waals surface area (Å²) >= 11 is 0. The molecule has 0 aliphatic rings. The van der Waals surface area contributed by atoms with Gasteiger partial charge in [-0.1, -0.05) is 0 Å². The fourth-order valence-corrected chi connectivity index (χ4v) is 1.03. The summed E-state index contributed by atoms with van der Waals surface area (Å²) in [6, 6.07) is 1.08. The molecular formula is C9H10F3N. The van der Waals surface area contributed by atoms with Crippen molar-refractivity contribution in [2.75, 3.05) is 7.05 Å². The molecule has 0 saturated carbocycles. The van der Waals surface area contributed by atoms with Crippen LogP contribution >= 0.6 is 0 Å². The molecule has 0 spiro atoms. The molecule has 0 aliphatic heterocycles. The van der Waals surface area contributed by atoms with Gasteiger partial charge in [-0.05, 0) is 20.0 Å². The number of nitrogens with one attached hydrogen (secondary N) is 1. The SMILES string of the molecule is CN[C@H](C)c1cc(F)c(F)cc1F. The van der Waals surface area contributed by atoms with Crippen molar-refractivity contribution in [3.8, 4) is 0 Å². The summed E-state index contributed by atoms with van der Waals surface area (Å²) in [4.78, 5) is 0. The summed E-state index contributed by atoms with van der Waals surface area (Å²) in [7, 11) is 1.62. The van der Waals surface area contributed by atoms with E-state index in [2.05, 4.69) is 5.32 Å². The molecule has 0 bridgehead atoms. The first-order valence-electron chi connectivity index (χ1n) is 3.88. The maximum Gasteiger partial charge on any atom is 0.161 e. The molecule has 4 heteroatoms. The number of hydrogen-bond acceptors (Lipinski definition) is 1. The zero-order valence-corrected chi connectivity index (χ0v) is 7.37. The Morgan fingerprint density at radius 3 is 2.15 bits per heavy atom. The zero-order chi connectivity index (χ0) is 10.0. The zero-order valence-electron chi connectivity index (χ0n) is 7.37. The number of hydrogen-bond donors (Lipinski definition) is 1. The standard InChI is InChI=1S/C9H10F3N/c1-5(13-2)6-3-8(11)9(12)4-7(6)10/h3-5,13H,1-2H3/t5-/m1/s1. The van der Waals surface area contributed by atoms with E-state index in [-0.39, 0.29) is 11.6 Å². The van der Waals surface area contributed by atoms with Gasteiger partial charge in [0.05, 0.1) is 0 Å². The minimum absolute atomic E-state index is 0.126. The number of benzene rings is 1. The Morgan fingerprint density at radius 1 is 1.08 bits per heavy atom. The molecule has 1 nitrogen and oxygen atoms in total. The first-order valence-corrected chi connectivity index (χ1v) is 3.88. The lowest BCUT2D eigenvalue weighted by Crippen LogP contribution is -2.14. The molecule has 72 valence electrons. The average molecular weight is 189 g/mol. The summed E-state index contributed by atoms with van der Waals surface area (Å²) in [6.07, 6.45) is 0. The maximum atomic E-state index is 13.0. The lowest BCUT2D eigenvalue weighted by Gasteiger charge is -2.11. The fraction of sp³-hybridized carbons (Fsp3) is 0.333. The third kappa shape index (κ3) is 2.01. The van der Waals surface area contributed by atoms with Crippen LogP contribution in [0.3, 0.4) is 0 Å². The lowest BCUT2D eigenvalue weighted by atomic mass is 10.1. The van der Waals surface area contributed by atoms with Gasteiger partial charge in [-0.3, -0.25) is 0 Å². The van der Waals surface area contributed by atoms with Crippen molar-refractivity contribution in [2.24, 2.45) is 0 Å². The Bertz CT molecular complexity index is 312. The Labute approximate surface area is 74.6 Å². The monoisotopic (exact) mass is 189 g/mol. The van der Waals surface area contributed by atoms with Crippen molar-refractivity contribution in [3.05, 3.63) is 35.1 Å². The van der Waals surface area contributed by atoms with E-state index in [1.807, 2.05) is 0 Å². The van der Waals surface area contributed by atoms with Crippen LogP contribution in [0.15, 0.2) is 12.1 Å². The van der Waals surface area contributed by atoms with Crippen LogP contribution in [0.4, 0.5) is 13.2 Å². The molecule has 0 unspecified atom stereocenters.